The van der Waals surface area contributed by atoms with Crippen LogP contribution < -0.4 is 15.8 Å². The highest BCUT2D eigenvalue weighted by Gasteiger charge is 2.08. The van der Waals surface area contributed by atoms with Gasteiger partial charge in [-0.25, -0.2) is 0 Å². The summed E-state index contributed by atoms with van der Waals surface area (Å²) < 4.78 is 5.08. The highest BCUT2D eigenvalue weighted by atomic mass is 16.5. The fourth-order valence-corrected chi connectivity index (χ4v) is 1.46. The molecule has 5 heteroatoms. The van der Waals surface area contributed by atoms with E-state index in [2.05, 4.69) is 10.3 Å². The number of anilines is 2. The van der Waals surface area contributed by atoms with Gasteiger partial charge in [0.25, 0.3) is 5.91 Å². The molecule has 2 rings (SSSR count). The van der Waals surface area contributed by atoms with Crippen LogP contribution in [0.1, 0.15) is 10.4 Å². The topological polar surface area (TPSA) is 77.2 Å². The van der Waals surface area contributed by atoms with Crippen molar-refractivity contribution in [1.82, 2.24) is 4.98 Å². The van der Waals surface area contributed by atoms with Crippen LogP contribution in [0.25, 0.3) is 0 Å². The monoisotopic (exact) mass is 243 g/mol. The maximum absolute atomic E-state index is 11.9. The summed E-state index contributed by atoms with van der Waals surface area (Å²) in [6, 6.07) is 8.46. The van der Waals surface area contributed by atoms with Crippen molar-refractivity contribution in [2.75, 3.05) is 18.2 Å². The highest BCUT2D eigenvalue weighted by Crippen LogP contribution is 2.24. The number of hydrogen-bond donors (Lipinski definition) is 2. The lowest BCUT2D eigenvalue weighted by atomic mass is 10.2. The van der Waals surface area contributed by atoms with Crippen LogP contribution in [0, 0.1) is 0 Å². The molecule has 1 amide bonds. The first-order valence-electron chi connectivity index (χ1n) is 5.35. The minimum Gasteiger partial charge on any atom is -0.497 e. The summed E-state index contributed by atoms with van der Waals surface area (Å²) in [7, 11) is 1.55. The van der Waals surface area contributed by atoms with E-state index in [0.29, 0.717) is 22.7 Å². The van der Waals surface area contributed by atoms with Crippen LogP contribution in [0.4, 0.5) is 11.4 Å². The number of methoxy groups -OCH3 is 1. The van der Waals surface area contributed by atoms with Crippen molar-refractivity contribution in [3.8, 4) is 5.75 Å². The molecule has 0 radical (unpaired) electrons. The van der Waals surface area contributed by atoms with Gasteiger partial charge in [0, 0.05) is 18.5 Å². The molecule has 0 spiro atoms. The molecule has 18 heavy (non-hydrogen) atoms. The van der Waals surface area contributed by atoms with E-state index in [1.807, 2.05) is 0 Å². The highest BCUT2D eigenvalue weighted by molar-refractivity contribution is 6.05. The van der Waals surface area contributed by atoms with Crippen LogP contribution in [0.3, 0.4) is 0 Å². The van der Waals surface area contributed by atoms with Crippen molar-refractivity contribution in [3.05, 3.63) is 48.3 Å². The van der Waals surface area contributed by atoms with E-state index in [-0.39, 0.29) is 5.91 Å². The largest absolute Gasteiger partial charge is 0.497 e. The first kappa shape index (κ1) is 11.9. The molecule has 5 nitrogen and oxygen atoms in total. The van der Waals surface area contributed by atoms with Crippen LogP contribution in [0.15, 0.2) is 42.7 Å². The van der Waals surface area contributed by atoms with Crippen LogP contribution in [0.2, 0.25) is 0 Å². The van der Waals surface area contributed by atoms with E-state index in [0.717, 1.165) is 0 Å². The number of nitrogen functional groups attached to an aromatic ring is 1. The lowest BCUT2D eigenvalue weighted by Crippen LogP contribution is -2.13. The second-order valence-electron chi connectivity index (χ2n) is 3.65. The van der Waals surface area contributed by atoms with Crippen molar-refractivity contribution in [1.29, 1.82) is 0 Å². The van der Waals surface area contributed by atoms with Crippen molar-refractivity contribution >= 4 is 17.3 Å². The number of nitrogens with one attached hydrogen (secondary N) is 1. The number of hydrogen-bond acceptors (Lipinski definition) is 4. The fraction of sp³-hybridized carbons (Fsp3) is 0.0769. The summed E-state index contributed by atoms with van der Waals surface area (Å²) in [5, 5.41) is 2.72. The number of ether oxygens (including phenoxy) is 1. The number of rotatable bonds is 3. The van der Waals surface area contributed by atoms with E-state index in [1.54, 1.807) is 43.6 Å². The number of benzene rings is 1. The first-order valence-corrected chi connectivity index (χ1v) is 5.35. The summed E-state index contributed by atoms with van der Waals surface area (Å²) >= 11 is 0. The Morgan fingerprint density at radius 1 is 1.39 bits per heavy atom. The summed E-state index contributed by atoms with van der Waals surface area (Å²) in [5.41, 5.74) is 7.25. The summed E-state index contributed by atoms with van der Waals surface area (Å²) in [5.74, 6) is 0.369. The Labute approximate surface area is 105 Å². The van der Waals surface area contributed by atoms with Crippen molar-refractivity contribution in [2.24, 2.45) is 0 Å². The molecule has 92 valence electrons. The Kier molecular flexibility index (Phi) is 3.43. The molecule has 0 aliphatic carbocycles. The normalized spacial score (nSPS) is 9.83. The minimum atomic E-state index is -0.261. The molecule has 0 saturated carbocycles. The molecule has 1 aromatic carbocycles. The Morgan fingerprint density at radius 3 is 2.89 bits per heavy atom. The molecular formula is C13H13N3O2. The summed E-state index contributed by atoms with van der Waals surface area (Å²) in [6.07, 6.45) is 3.10. The number of amides is 1. The molecule has 3 N–H and O–H groups in total. The first-order chi connectivity index (χ1) is 8.70. The Hall–Kier alpha value is -2.56. The molecule has 0 fully saturated rings. The smallest absolute Gasteiger partial charge is 0.257 e. The van der Waals surface area contributed by atoms with E-state index < -0.39 is 0 Å². The number of nitrogens with two attached hydrogens (primary N) is 1. The Bertz CT molecular complexity index is 555. The number of nitrogens with zero attached hydrogens (tertiary/aromatic N) is 1. The molecule has 0 aliphatic rings. The van der Waals surface area contributed by atoms with Crippen molar-refractivity contribution < 1.29 is 9.53 Å². The van der Waals surface area contributed by atoms with Gasteiger partial charge in [0.1, 0.15) is 5.75 Å². The van der Waals surface area contributed by atoms with Gasteiger partial charge in [-0.15, -0.1) is 0 Å². The van der Waals surface area contributed by atoms with Gasteiger partial charge in [-0.05, 0) is 24.3 Å². The maximum Gasteiger partial charge on any atom is 0.257 e. The van der Waals surface area contributed by atoms with Gasteiger partial charge in [0.2, 0.25) is 0 Å². The van der Waals surface area contributed by atoms with Gasteiger partial charge in [-0.2, -0.15) is 0 Å². The minimum absolute atomic E-state index is 0.261. The second kappa shape index (κ2) is 5.18. The van der Waals surface area contributed by atoms with Gasteiger partial charge >= 0.3 is 0 Å². The number of carbonyl (C=O) groups is 1. The average molecular weight is 243 g/mol. The molecule has 0 unspecified atom stereocenters. The van der Waals surface area contributed by atoms with Gasteiger partial charge in [0.15, 0.2) is 0 Å². The molecule has 2 aromatic rings. The molecule has 1 heterocycles. The van der Waals surface area contributed by atoms with Crippen LogP contribution in [0.5, 0.6) is 5.75 Å². The summed E-state index contributed by atoms with van der Waals surface area (Å²) in [6.45, 7) is 0. The Morgan fingerprint density at radius 2 is 2.22 bits per heavy atom. The number of aromatic nitrogens is 1. The molecule has 0 aliphatic heterocycles. The van der Waals surface area contributed by atoms with Gasteiger partial charge in [-0.1, -0.05) is 0 Å². The molecule has 0 bridgehead atoms. The molecule has 0 atom stereocenters. The zero-order valence-corrected chi connectivity index (χ0v) is 9.88. The van der Waals surface area contributed by atoms with E-state index in [9.17, 15) is 4.79 Å². The molecular weight excluding hydrogens is 230 g/mol. The SMILES string of the molecule is COc1ccc(N)c(NC(=O)c2cccnc2)c1. The third kappa shape index (κ3) is 2.57. The fourth-order valence-electron chi connectivity index (χ4n) is 1.46. The van der Waals surface area contributed by atoms with Crippen LogP contribution in [-0.2, 0) is 0 Å². The van der Waals surface area contributed by atoms with Gasteiger partial charge in [-0.3, -0.25) is 9.78 Å². The second-order valence-corrected chi connectivity index (χ2v) is 3.65. The predicted molar refractivity (Wildman–Crippen MR) is 69.6 cm³/mol. The van der Waals surface area contributed by atoms with Gasteiger partial charge in [0.05, 0.1) is 24.0 Å². The van der Waals surface area contributed by atoms with Crippen LogP contribution >= 0.6 is 0 Å². The predicted octanol–water partition coefficient (Wildman–Crippen LogP) is 1.92. The molecule has 0 saturated heterocycles. The van der Waals surface area contributed by atoms with E-state index in [4.69, 9.17) is 10.5 Å². The summed E-state index contributed by atoms with van der Waals surface area (Å²) in [4.78, 5) is 15.8. The lowest BCUT2D eigenvalue weighted by molar-refractivity contribution is 0.102. The quantitative estimate of drug-likeness (QED) is 0.807. The van der Waals surface area contributed by atoms with E-state index in [1.165, 1.54) is 6.20 Å². The Balaban J connectivity index is 2.21. The van der Waals surface area contributed by atoms with Crippen molar-refractivity contribution in [2.45, 2.75) is 0 Å². The van der Waals surface area contributed by atoms with E-state index >= 15 is 0 Å². The van der Waals surface area contributed by atoms with Crippen LogP contribution in [-0.4, -0.2) is 18.0 Å². The zero-order valence-electron chi connectivity index (χ0n) is 9.88. The molecule has 1 aromatic heterocycles. The average Bonchev–Trinajstić information content (AvgIpc) is 2.42. The number of carbonyl (C=O) groups excluding carboxylic acids is 1. The maximum atomic E-state index is 11.9. The zero-order chi connectivity index (χ0) is 13.0. The number of pyridine rings is 1. The third-order valence-corrected chi connectivity index (χ3v) is 2.43. The third-order valence-electron chi connectivity index (χ3n) is 2.43. The van der Waals surface area contributed by atoms with Gasteiger partial charge < -0.3 is 15.8 Å². The van der Waals surface area contributed by atoms with Crippen molar-refractivity contribution in [3.63, 3.8) is 0 Å². The standard InChI is InChI=1S/C13H13N3O2/c1-18-10-4-5-11(14)12(7-10)16-13(17)9-3-2-6-15-8-9/h2-8H,14H2,1H3,(H,16,17). The lowest BCUT2D eigenvalue weighted by Gasteiger charge is -2.09.